The number of carbonyl (C=O) groups excluding carboxylic acids is 1. The zero-order valence-electron chi connectivity index (χ0n) is 13.8. The Balaban J connectivity index is 1.63. The fraction of sp³-hybridized carbons (Fsp3) is 0.125. The van der Waals surface area contributed by atoms with E-state index in [2.05, 4.69) is 35.5 Å². The largest absolute Gasteiger partial charge is 0.300 e. The van der Waals surface area contributed by atoms with Crippen molar-refractivity contribution >= 4 is 46.4 Å². The van der Waals surface area contributed by atoms with E-state index in [-0.39, 0.29) is 5.91 Å². The van der Waals surface area contributed by atoms with Crippen LogP contribution in [0, 0.1) is 0 Å². The lowest BCUT2D eigenvalue weighted by Gasteiger charge is -2.10. The summed E-state index contributed by atoms with van der Waals surface area (Å²) in [6.45, 7) is 0.716. The van der Waals surface area contributed by atoms with Gasteiger partial charge in [-0.25, -0.2) is 9.97 Å². The smallest absolute Gasteiger partial charge is 0.277 e. The Bertz CT molecular complexity index is 963. The molecule has 3 aromatic rings. The van der Waals surface area contributed by atoms with Crippen LogP contribution in [0.1, 0.15) is 10.5 Å². The van der Waals surface area contributed by atoms with Crippen LogP contribution in [0.4, 0.5) is 0 Å². The van der Waals surface area contributed by atoms with Crippen molar-refractivity contribution in [2.24, 2.45) is 4.99 Å². The van der Waals surface area contributed by atoms with Gasteiger partial charge in [-0.05, 0) is 36.0 Å². The van der Waals surface area contributed by atoms with Crippen LogP contribution in [0.15, 0.2) is 68.0 Å². The van der Waals surface area contributed by atoms with Gasteiger partial charge in [0.25, 0.3) is 5.91 Å². The molecular formula is C16H13N7OS3. The van der Waals surface area contributed by atoms with Crippen molar-refractivity contribution in [2.75, 3.05) is 12.3 Å². The third-order valence-corrected chi connectivity index (χ3v) is 6.10. The highest BCUT2D eigenvalue weighted by molar-refractivity contribution is 8.14. The average molecular weight is 416 g/mol. The summed E-state index contributed by atoms with van der Waals surface area (Å²) < 4.78 is 0. The lowest BCUT2D eigenvalue weighted by atomic mass is 10.3. The van der Waals surface area contributed by atoms with Gasteiger partial charge in [-0.3, -0.25) is 25.2 Å². The molecular weight excluding hydrogens is 402 g/mol. The highest BCUT2D eigenvalue weighted by Gasteiger charge is 2.19. The fourth-order valence-electron chi connectivity index (χ4n) is 2.17. The minimum atomic E-state index is -0.278. The Morgan fingerprint density at radius 2 is 2.07 bits per heavy atom. The molecule has 4 heterocycles. The lowest BCUT2D eigenvalue weighted by Crippen LogP contribution is -2.28. The standard InChI is InChI=1S/C16H13N7OS3/c24-14(22-15-18-7-8-25-15)13-11(26-10-3-5-17-6-4-10)1-2-12(21-13)27-16-19-9-20-23-16/h1-6,9H,7-8H2,(H,18,22,24)(H,19,20,23). The molecule has 4 rings (SSSR count). The number of thioether (sulfide) groups is 1. The third-order valence-electron chi connectivity index (χ3n) is 3.33. The number of amides is 1. The monoisotopic (exact) mass is 415 g/mol. The van der Waals surface area contributed by atoms with Gasteiger partial charge in [-0.1, -0.05) is 23.5 Å². The van der Waals surface area contributed by atoms with Gasteiger partial charge in [0, 0.05) is 27.9 Å². The molecule has 27 heavy (non-hydrogen) atoms. The summed E-state index contributed by atoms with van der Waals surface area (Å²) >= 11 is 4.30. The summed E-state index contributed by atoms with van der Waals surface area (Å²) in [5, 5.41) is 11.3. The zero-order chi connectivity index (χ0) is 18.5. The van der Waals surface area contributed by atoms with Gasteiger partial charge < -0.3 is 0 Å². The van der Waals surface area contributed by atoms with Crippen LogP contribution in [-0.2, 0) is 0 Å². The van der Waals surface area contributed by atoms with Crippen LogP contribution in [0.25, 0.3) is 0 Å². The predicted octanol–water partition coefficient (Wildman–Crippen LogP) is 2.73. The number of nitrogens with one attached hydrogen (secondary N) is 2. The number of aromatic nitrogens is 5. The molecule has 8 nitrogen and oxygen atoms in total. The van der Waals surface area contributed by atoms with Crippen molar-refractivity contribution in [3.8, 4) is 0 Å². The molecule has 3 aromatic heterocycles. The minimum Gasteiger partial charge on any atom is -0.300 e. The molecule has 1 aliphatic heterocycles. The minimum absolute atomic E-state index is 0.278. The van der Waals surface area contributed by atoms with Crippen LogP contribution in [0.2, 0.25) is 0 Å². The van der Waals surface area contributed by atoms with Gasteiger partial charge in [0.15, 0.2) is 10.3 Å². The van der Waals surface area contributed by atoms with Gasteiger partial charge in [0.2, 0.25) is 0 Å². The van der Waals surface area contributed by atoms with Crippen molar-refractivity contribution in [3.63, 3.8) is 0 Å². The number of hydrogen-bond acceptors (Lipinski definition) is 9. The summed E-state index contributed by atoms with van der Waals surface area (Å²) in [6.07, 6.45) is 4.86. The normalized spacial score (nSPS) is 13.4. The first kappa shape index (κ1) is 18.0. The van der Waals surface area contributed by atoms with E-state index in [4.69, 9.17) is 0 Å². The third kappa shape index (κ3) is 4.67. The molecule has 0 spiro atoms. The first-order valence-electron chi connectivity index (χ1n) is 7.89. The van der Waals surface area contributed by atoms with Crippen LogP contribution in [0.3, 0.4) is 0 Å². The Kier molecular flexibility index (Phi) is 5.70. The molecule has 0 aliphatic carbocycles. The molecule has 0 unspecified atom stereocenters. The highest BCUT2D eigenvalue weighted by atomic mass is 32.2. The molecule has 0 atom stereocenters. The van der Waals surface area contributed by atoms with Crippen LogP contribution in [0.5, 0.6) is 0 Å². The second kappa shape index (κ2) is 8.55. The topological polar surface area (TPSA) is 109 Å². The van der Waals surface area contributed by atoms with E-state index in [0.717, 1.165) is 15.5 Å². The molecule has 0 radical (unpaired) electrons. The maximum absolute atomic E-state index is 12.8. The Labute approximate surface area is 167 Å². The first-order chi connectivity index (χ1) is 13.3. The predicted molar refractivity (Wildman–Crippen MR) is 105 cm³/mol. The number of aliphatic imine (C=N–C) groups is 1. The molecule has 0 fully saturated rings. The molecule has 0 bridgehead atoms. The van der Waals surface area contributed by atoms with E-state index in [1.54, 1.807) is 12.4 Å². The van der Waals surface area contributed by atoms with E-state index >= 15 is 0 Å². The van der Waals surface area contributed by atoms with Gasteiger partial charge in [0.05, 0.1) is 6.54 Å². The summed E-state index contributed by atoms with van der Waals surface area (Å²) in [5.74, 6) is 0.600. The number of pyridine rings is 2. The van der Waals surface area contributed by atoms with Gasteiger partial charge in [-0.2, -0.15) is 5.10 Å². The maximum Gasteiger partial charge on any atom is 0.277 e. The Morgan fingerprint density at radius 1 is 1.19 bits per heavy atom. The Morgan fingerprint density at radius 3 is 2.81 bits per heavy atom. The number of hydrogen-bond donors (Lipinski definition) is 2. The highest BCUT2D eigenvalue weighted by Crippen LogP contribution is 2.32. The van der Waals surface area contributed by atoms with Crippen molar-refractivity contribution in [3.05, 3.63) is 48.7 Å². The fourth-order valence-corrected chi connectivity index (χ4v) is 4.45. The number of rotatable bonds is 5. The summed E-state index contributed by atoms with van der Waals surface area (Å²) in [6, 6.07) is 7.52. The van der Waals surface area contributed by atoms with E-state index in [1.165, 1.54) is 41.6 Å². The number of H-pyrrole nitrogens is 1. The average Bonchev–Trinajstić information content (AvgIpc) is 3.38. The second-order valence-corrected chi connectivity index (χ2v) is 8.37. The van der Waals surface area contributed by atoms with Gasteiger partial charge in [0.1, 0.15) is 17.0 Å². The van der Waals surface area contributed by atoms with E-state index in [1.807, 2.05) is 24.3 Å². The number of aromatic amines is 1. The SMILES string of the molecule is O=C(NC1=NCCS1)c1nc(Sc2ncn[nH]2)ccc1Sc1ccncc1. The molecule has 0 saturated heterocycles. The molecule has 1 aliphatic rings. The second-order valence-electron chi connectivity index (χ2n) is 5.16. The van der Waals surface area contributed by atoms with E-state index in [0.29, 0.717) is 27.6 Å². The molecule has 2 N–H and O–H groups in total. The van der Waals surface area contributed by atoms with Crippen LogP contribution >= 0.6 is 35.3 Å². The molecule has 0 aromatic carbocycles. The van der Waals surface area contributed by atoms with Crippen molar-refractivity contribution in [2.45, 2.75) is 20.0 Å². The summed E-state index contributed by atoms with van der Waals surface area (Å²) in [4.78, 5) is 31.5. The van der Waals surface area contributed by atoms with Crippen LogP contribution in [-0.4, -0.2) is 48.5 Å². The number of nitrogens with zero attached hydrogens (tertiary/aromatic N) is 5. The van der Waals surface area contributed by atoms with Crippen LogP contribution < -0.4 is 5.32 Å². The maximum atomic E-state index is 12.8. The molecule has 11 heteroatoms. The van der Waals surface area contributed by atoms with Crippen molar-refractivity contribution in [1.29, 1.82) is 0 Å². The quantitative estimate of drug-likeness (QED) is 0.655. The van der Waals surface area contributed by atoms with E-state index in [9.17, 15) is 4.79 Å². The van der Waals surface area contributed by atoms with Gasteiger partial charge >= 0.3 is 0 Å². The van der Waals surface area contributed by atoms with Crippen molar-refractivity contribution < 1.29 is 4.79 Å². The molecule has 1 amide bonds. The van der Waals surface area contributed by atoms with Gasteiger partial charge in [-0.15, -0.1) is 0 Å². The Hall–Kier alpha value is -2.37. The summed E-state index contributed by atoms with van der Waals surface area (Å²) in [7, 11) is 0. The molecule has 136 valence electrons. The van der Waals surface area contributed by atoms with E-state index < -0.39 is 0 Å². The zero-order valence-corrected chi connectivity index (χ0v) is 16.3. The molecule has 0 saturated carbocycles. The summed E-state index contributed by atoms with van der Waals surface area (Å²) in [5.41, 5.74) is 0.344. The first-order valence-corrected chi connectivity index (χ1v) is 10.5. The number of carbonyl (C=O) groups is 1. The lowest BCUT2D eigenvalue weighted by molar-refractivity contribution is 0.0969. The van der Waals surface area contributed by atoms with Crippen molar-refractivity contribution in [1.82, 2.24) is 30.5 Å². The number of amidine groups is 1.